The Hall–Kier alpha value is -1.32. The quantitative estimate of drug-likeness (QED) is 0.609. The third-order valence-electron chi connectivity index (χ3n) is 2.95. The van der Waals surface area contributed by atoms with Gasteiger partial charge in [-0.25, -0.2) is 10.2 Å². The van der Waals surface area contributed by atoms with Gasteiger partial charge in [-0.3, -0.25) is 0 Å². The number of rotatable bonds is 1. The summed E-state index contributed by atoms with van der Waals surface area (Å²) in [6.07, 6.45) is 8.06. The molecule has 2 aliphatic rings. The van der Waals surface area contributed by atoms with E-state index in [4.69, 9.17) is 5.73 Å². The van der Waals surface area contributed by atoms with Crippen LogP contribution in [0.5, 0.6) is 0 Å². The lowest BCUT2D eigenvalue weighted by Gasteiger charge is -2.17. The van der Waals surface area contributed by atoms with Crippen molar-refractivity contribution in [2.45, 2.75) is 32.1 Å². The predicted octanol–water partition coefficient (Wildman–Crippen LogP) is 1.53. The van der Waals surface area contributed by atoms with Crippen molar-refractivity contribution in [2.24, 2.45) is 16.8 Å². The summed E-state index contributed by atoms with van der Waals surface area (Å²) in [6.45, 7) is 0. The SMILES string of the molecule is NC(=O)N/N=C1\C=C2CCCC2CC1. The normalized spacial score (nSPS) is 28.4. The number of hydrogen-bond acceptors (Lipinski definition) is 2. The highest BCUT2D eigenvalue weighted by Gasteiger charge is 2.24. The largest absolute Gasteiger partial charge is 0.350 e. The van der Waals surface area contributed by atoms with Gasteiger partial charge >= 0.3 is 6.03 Å². The second kappa shape index (κ2) is 3.82. The van der Waals surface area contributed by atoms with E-state index in [2.05, 4.69) is 16.6 Å². The highest BCUT2D eigenvalue weighted by molar-refractivity contribution is 5.97. The summed E-state index contributed by atoms with van der Waals surface area (Å²) in [6, 6.07) is -0.593. The summed E-state index contributed by atoms with van der Waals surface area (Å²) in [5, 5.41) is 3.96. The van der Waals surface area contributed by atoms with Crippen molar-refractivity contribution in [3.63, 3.8) is 0 Å². The van der Waals surface area contributed by atoms with Gasteiger partial charge in [-0.15, -0.1) is 0 Å². The van der Waals surface area contributed by atoms with Crippen LogP contribution in [-0.4, -0.2) is 11.7 Å². The second-order valence-electron chi connectivity index (χ2n) is 3.93. The van der Waals surface area contributed by atoms with Crippen LogP contribution in [0.2, 0.25) is 0 Å². The van der Waals surface area contributed by atoms with Gasteiger partial charge in [0.25, 0.3) is 0 Å². The van der Waals surface area contributed by atoms with E-state index in [1.54, 1.807) is 0 Å². The number of carbonyl (C=O) groups excluding carboxylic acids is 1. The zero-order chi connectivity index (χ0) is 9.97. The molecule has 0 aromatic carbocycles. The molecule has 2 rings (SSSR count). The number of urea groups is 1. The third-order valence-corrected chi connectivity index (χ3v) is 2.95. The lowest BCUT2D eigenvalue weighted by atomic mass is 9.89. The topological polar surface area (TPSA) is 67.5 Å². The first-order valence-electron chi connectivity index (χ1n) is 5.08. The summed E-state index contributed by atoms with van der Waals surface area (Å²) in [5.74, 6) is 0.780. The predicted molar refractivity (Wildman–Crippen MR) is 54.8 cm³/mol. The van der Waals surface area contributed by atoms with Crippen LogP contribution in [0.3, 0.4) is 0 Å². The van der Waals surface area contributed by atoms with Crippen molar-refractivity contribution < 1.29 is 4.79 Å². The van der Waals surface area contributed by atoms with Crippen molar-refractivity contribution in [1.29, 1.82) is 0 Å². The van der Waals surface area contributed by atoms with Crippen molar-refractivity contribution in [3.05, 3.63) is 11.6 Å². The minimum Gasteiger partial charge on any atom is -0.350 e. The molecule has 1 atom stereocenters. The second-order valence-corrected chi connectivity index (χ2v) is 3.93. The molecule has 0 aromatic heterocycles. The van der Waals surface area contributed by atoms with Gasteiger partial charge in [-0.1, -0.05) is 5.57 Å². The fourth-order valence-electron chi connectivity index (χ4n) is 2.29. The van der Waals surface area contributed by atoms with E-state index < -0.39 is 6.03 Å². The molecule has 14 heavy (non-hydrogen) atoms. The van der Waals surface area contributed by atoms with E-state index >= 15 is 0 Å². The Labute approximate surface area is 83.2 Å². The molecule has 0 bridgehead atoms. The monoisotopic (exact) mass is 193 g/mol. The number of nitrogens with zero attached hydrogens (tertiary/aromatic N) is 1. The third kappa shape index (κ3) is 1.95. The first kappa shape index (κ1) is 9.24. The van der Waals surface area contributed by atoms with Crippen LogP contribution in [0.1, 0.15) is 32.1 Å². The number of hydrazone groups is 1. The Morgan fingerprint density at radius 3 is 3.14 bits per heavy atom. The number of hydrogen-bond donors (Lipinski definition) is 2. The molecule has 0 radical (unpaired) electrons. The molecular formula is C10H15N3O. The van der Waals surface area contributed by atoms with Gasteiger partial charge in [-0.2, -0.15) is 5.10 Å². The van der Waals surface area contributed by atoms with E-state index in [-0.39, 0.29) is 0 Å². The Morgan fingerprint density at radius 1 is 1.50 bits per heavy atom. The van der Waals surface area contributed by atoms with Crippen molar-refractivity contribution in [2.75, 3.05) is 0 Å². The van der Waals surface area contributed by atoms with Crippen LogP contribution >= 0.6 is 0 Å². The molecule has 0 aliphatic heterocycles. The van der Waals surface area contributed by atoms with Crippen molar-refractivity contribution in [1.82, 2.24) is 5.43 Å². The van der Waals surface area contributed by atoms with Crippen LogP contribution < -0.4 is 11.2 Å². The maximum Gasteiger partial charge on any atom is 0.332 e. The number of primary amides is 1. The van der Waals surface area contributed by atoms with Crippen LogP contribution in [0, 0.1) is 5.92 Å². The minimum absolute atomic E-state index is 0.593. The molecule has 76 valence electrons. The summed E-state index contributed by atoms with van der Waals surface area (Å²) < 4.78 is 0. The van der Waals surface area contributed by atoms with Crippen LogP contribution in [0.4, 0.5) is 4.79 Å². The van der Waals surface area contributed by atoms with Gasteiger partial charge in [0.15, 0.2) is 0 Å². The number of nitrogens with two attached hydrogens (primary N) is 1. The Morgan fingerprint density at radius 2 is 2.36 bits per heavy atom. The highest BCUT2D eigenvalue weighted by Crippen LogP contribution is 2.37. The van der Waals surface area contributed by atoms with Crippen LogP contribution in [0.25, 0.3) is 0 Å². The molecule has 1 unspecified atom stereocenters. The summed E-state index contributed by atoms with van der Waals surface area (Å²) in [4.78, 5) is 10.5. The fraction of sp³-hybridized carbons (Fsp3) is 0.600. The summed E-state index contributed by atoms with van der Waals surface area (Å²) >= 11 is 0. The average Bonchev–Trinajstić information content (AvgIpc) is 2.61. The molecule has 2 aliphatic carbocycles. The molecule has 2 amide bonds. The number of allylic oxidation sites excluding steroid dienone is 2. The van der Waals surface area contributed by atoms with Crippen LogP contribution in [0.15, 0.2) is 16.8 Å². The van der Waals surface area contributed by atoms with Gasteiger partial charge in [0.05, 0.1) is 5.71 Å². The van der Waals surface area contributed by atoms with Gasteiger partial charge in [0.2, 0.25) is 0 Å². The van der Waals surface area contributed by atoms with Crippen molar-refractivity contribution in [3.8, 4) is 0 Å². The molecule has 0 heterocycles. The fourth-order valence-corrected chi connectivity index (χ4v) is 2.29. The number of fused-ring (bicyclic) bond motifs is 1. The lowest BCUT2D eigenvalue weighted by molar-refractivity contribution is 0.249. The first-order chi connectivity index (χ1) is 6.75. The van der Waals surface area contributed by atoms with E-state index in [1.807, 2.05) is 0 Å². The molecule has 0 spiro atoms. The Kier molecular flexibility index (Phi) is 2.52. The Bertz CT molecular complexity index is 306. The maximum absolute atomic E-state index is 10.5. The number of amides is 2. The molecule has 1 fully saturated rings. The first-order valence-corrected chi connectivity index (χ1v) is 5.08. The van der Waals surface area contributed by atoms with E-state index in [1.165, 1.54) is 31.3 Å². The minimum atomic E-state index is -0.593. The molecule has 3 N–H and O–H groups in total. The average molecular weight is 193 g/mol. The summed E-state index contributed by atoms with van der Waals surface area (Å²) in [5.41, 5.74) is 9.67. The molecular weight excluding hydrogens is 178 g/mol. The molecule has 1 saturated carbocycles. The zero-order valence-corrected chi connectivity index (χ0v) is 8.12. The number of carbonyl (C=O) groups is 1. The number of nitrogens with one attached hydrogen (secondary N) is 1. The van der Waals surface area contributed by atoms with E-state index in [0.717, 1.165) is 18.1 Å². The highest BCUT2D eigenvalue weighted by atomic mass is 16.2. The van der Waals surface area contributed by atoms with Crippen LogP contribution in [-0.2, 0) is 0 Å². The molecule has 4 nitrogen and oxygen atoms in total. The van der Waals surface area contributed by atoms with Gasteiger partial charge < -0.3 is 5.73 Å². The summed E-state index contributed by atoms with van der Waals surface area (Å²) in [7, 11) is 0. The van der Waals surface area contributed by atoms with Gasteiger partial charge in [0, 0.05) is 0 Å². The maximum atomic E-state index is 10.5. The zero-order valence-electron chi connectivity index (χ0n) is 8.12. The van der Waals surface area contributed by atoms with Crippen molar-refractivity contribution >= 4 is 11.7 Å². The smallest absolute Gasteiger partial charge is 0.332 e. The molecule has 4 heteroatoms. The van der Waals surface area contributed by atoms with Gasteiger partial charge in [-0.05, 0) is 44.1 Å². The molecule has 0 aromatic rings. The Balaban J connectivity index is 2.05. The van der Waals surface area contributed by atoms with E-state index in [9.17, 15) is 4.79 Å². The van der Waals surface area contributed by atoms with E-state index in [0.29, 0.717) is 0 Å². The lowest BCUT2D eigenvalue weighted by Crippen LogP contribution is -2.26. The standard InChI is InChI=1S/C10H15N3O/c11-10(14)13-12-9-5-4-7-2-1-3-8(7)6-9/h6-7H,1-5H2,(H3,11,13,14)/b12-9-. The molecule has 0 saturated heterocycles. The van der Waals surface area contributed by atoms with Gasteiger partial charge in [0.1, 0.15) is 0 Å².